The quantitative estimate of drug-likeness (QED) is 0.917. The first kappa shape index (κ1) is 17.4. The monoisotopic (exact) mass is 338 g/mol. The van der Waals surface area contributed by atoms with E-state index in [1.165, 1.54) is 0 Å². The Hall–Kier alpha value is -0.680. The Morgan fingerprint density at radius 1 is 1.40 bits per heavy atom. The van der Waals surface area contributed by atoms with Crippen LogP contribution in [0.1, 0.15) is 12.8 Å². The van der Waals surface area contributed by atoms with Crippen LogP contribution >= 0.6 is 35.6 Å². The first-order valence-electron chi connectivity index (χ1n) is 6.19. The van der Waals surface area contributed by atoms with Crippen LogP contribution in [-0.2, 0) is 4.79 Å². The molecule has 7 heteroatoms. The molecule has 0 spiro atoms. The summed E-state index contributed by atoms with van der Waals surface area (Å²) in [5.74, 6) is 0.760. The predicted octanol–water partition coefficient (Wildman–Crippen LogP) is 2.74. The number of nitrogens with two attached hydrogens (primary N) is 1. The summed E-state index contributed by atoms with van der Waals surface area (Å²) in [5, 5.41) is 0.966. The minimum absolute atomic E-state index is 0. The van der Waals surface area contributed by atoms with Crippen LogP contribution in [0.5, 0.6) is 5.75 Å². The molecule has 1 aromatic carbocycles. The second kappa shape index (κ2) is 7.93. The van der Waals surface area contributed by atoms with Gasteiger partial charge in [0.2, 0.25) is 5.91 Å². The predicted molar refractivity (Wildman–Crippen MR) is 83.0 cm³/mol. The Morgan fingerprint density at radius 3 is 2.80 bits per heavy atom. The molecule has 1 aliphatic rings. The standard InChI is InChI=1S/C13H16Cl2N2O2.ClH/c14-11-2-1-9(7-12(11)15)19-10-4-6-17(8-10)13(18)3-5-16;/h1-2,7,10H,3-6,8,16H2;1H. The molecule has 0 bridgehead atoms. The topological polar surface area (TPSA) is 55.6 Å². The third kappa shape index (κ3) is 4.42. The number of nitrogens with zero attached hydrogens (tertiary/aromatic N) is 1. The minimum Gasteiger partial charge on any atom is -0.488 e. The maximum Gasteiger partial charge on any atom is 0.223 e. The van der Waals surface area contributed by atoms with Crippen molar-refractivity contribution < 1.29 is 9.53 Å². The van der Waals surface area contributed by atoms with Crippen molar-refractivity contribution in [2.75, 3.05) is 19.6 Å². The number of carbonyl (C=O) groups is 1. The van der Waals surface area contributed by atoms with Crippen LogP contribution in [0.4, 0.5) is 0 Å². The fourth-order valence-corrected chi connectivity index (χ4v) is 2.36. The molecule has 2 rings (SSSR count). The molecule has 1 unspecified atom stereocenters. The zero-order chi connectivity index (χ0) is 13.8. The fourth-order valence-electron chi connectivity index (χ4n) is 2.08. The molecule has 1 atom stereocenters. The van der Waals surface area contributed by atoms with Gasteiger partial charge in [0.15, 0.2) is 0 Å². The van der Waals surface area contributed by atoms with Crippen molar-refractivity contribution in [3.63, 3.8) is 0 Å². The van der Waals surface area contributed by atoms with Gasteiger partial charge in [0, 0.05) is 32.0 Å². The highest BCUT2D eigenvalue weighted by molar-refractivity contribution is 6.42. The molecule has 1 amide bonds. The lowest BCUT2D eigenvalue weighted by Gasteiger charge is -2.17. The third-order valence-corrected chi connectivity index (χ3v) is 3.79. The third-order valence-electron chi connectivity index (χ3n) is 3.05. The van der Waals surface area contributed by atoms with Crippen molar-refractivity contribution in [3.8, 4) is 5.75 Å². The van der Waals surface area contributed by atoms with E-state index in [0.717, 1.165) is 6.42 Å². The van der Waals surface area contributed by atoms with Crippen molar-refractivity contribution in [2.24, 2.45) is 5.73 Å². The molecule has 1 fully saturated rings. The molecule has 1 heterocycles. The summed E-state index contributed by atoms with van der Waals surface area (Å²) in [6.45, 7) is 1.69. The Morgan fingerprint density at radius 2 is 2.15 bits per heavy atom. The van der Waals surface area contributed by atoms with Gasteiger partial charge in [-0.1, -0.05) is 23.2 Å². The smallest absolute Gasteiger partial charge is 0.223 e. The van der Waals surface area contributed by atoms with Crippen LogP contribution < -0.4 is 10.5 Å². The van der Waals surface area contributed by atoms with Gasteiger partial charge in [-0.3, -0.25) is 4.79 Å². The summed E-state index contributed by atoms with van der Waals surface area (Å²) in [4.78, 5) is 13.5. The first-order valence-corrected chi connectivity index (χ1v) is 6.95. The van der Waals surface area contributed by atoms with Gasteiger partial charge >= 0.3 is 0 Å². The van der Waals surface area contributed by atoms with Gasteiger partial charge in [-0.05, 0) is 12.1 Å². The fraction of sp³-hybridized carbons (Fsp3) is 0.462. The Balaban J connectivity index is 0.00000200. The van der Waals surface area contributed by atoms with Crippen molar-refractivity contribution in [2.45, 2.75) is 18.9 Å². The van der Waals surface area contributed by atoms with Crippen molar-refractivity contribution in [3.05, 3.63) is 28.2 Å². The number of carbonyl (C=O) groups excluding carboxylic acids is 1. The SMILES string of the molecule is Cl.NCCC(=O)N1CCC(Oc2ccc(Cl)c(Cl)c2)C1. The largest absolute Gasteiger partial charge is 0.488 e. The second-order valence-corrected chi connectivity index (χ2v) is 5.30. The van der Waals surface area contributed by atoms with E-state index in [1.807, 2.05) is 0 Å². The van der Waals surface area contributed by atoms with Crippen LogP contribution in [0.25, 0.3) is 0 Å². The normalized spacial score (nSPS) is 17.8. The Bertz CT molecular complexity index is 471. The molecule has 1 aliphatic heterocycles. The summed E-state index contributed by atoms with van der Waals surface area (Å²) in [6.07, 6.45) is 1.20. The van der Waals surface area contributed by atoms with Gasteiger partial charge in [-0.15, -0.1) is 12.4 Å². The van der Waals surface area contributed by atoms with Crippen molar-refractivity contribution >= 4 is 41.5 Å². The van der Waals surface area contributed by atoms with E-state index in [2.05, 4.69) is 0 Å². The van der Waals surface area contributed by atoms with Gasteiger partial charge < -0.3 is 15.4 Å². The Labute approximate surface area is 134 Å². The highest BCUT2D eigenvalue weighted by Crippen LogP contribution is 2.28. The lowest BCUT2D eigenvalue weighted by molar-refractivity contribution is -0.130. The summed E-state index contributed by atoms with van der Waals surface area (Å²) >= 11 is 11.8. The lowest BCUT2D eigenvalue weighted by Crippen LogP contribution is -2.32. The number of rotatable bonds is 4. The highest BCUT2D eigenvalue weighted by Gasteiger charge is 2.27. The number of hydrogen-bond acceptors (Lipinski definition) is 3. The van der Waals surface area contributed by atoms with Crippen LogP contribution in [0, 0.1) is 0 Å². The van der Waals surface area contributed by atoms with Crippen molar-refractivity contribution in [1.82, 2.24) is 4.90 Å². The minimum atomic E-state index is -0.000957. The molecule has 1 aromatic rings. The van der Waals surface area contributed by atoms with Gasteiger partial charge in [-0.2, -0.15) is 0 Å². The van der Waals surface area contributed by atoms with E-state index in [1.54, 1.807) is 23.1 Å². The van der Waals surface area contributed by atoms with Crippen molar-refractivity contribution in [1.29, 1.82) is 0 Å². The first-order chi connectivity index (χ1) is 9.10. The molecule has 0 aliphatic carbocycles. The average Bonchev–Trinajstić information content (AvgIpc) is 2.83. The van der Waals surface area contributed by atoms with E-state index in [9.17, 15) is 4.79 Å². The number of hydrogen-bond donors (Lipinski definition) is 1. The number of halogens is 3. The van der Waals surface area contributed by atoms with Gasteiger partial charge in [0.05, 0.1) is 16.6 Å². The van der Waals surface area contributed by atoms with Crippen LogP contribution in [0.2, 0.25) is 10.0 Å². The molecular formula is C13H17Cl3N2O2. The van der Waals surface area contributed by atoms with Crippen LogP contribution in [0.3, 0.4) is 0 Å². The Kier molecular flexibility index (Phi) is 6.89. The molecular weight excluding hydrogens is 323 g/mol. The maximum absolute atomic E-state index is 11.7. The maximum atomic E-state index is 11.7. The number of ether oxygens (including phenoxy) is 1. The molecule has 20 heavy (non-hydrogen) atoms. The number of benzene rings is 1. The molecule has 0 aromatic heterocycles. The molecule has 2 N–H and O–H groups in total. The summed E-state index contributed by atoms with van der Waals surface area (Å²) < 4.78 is 5.80. The highest BCUT2D eigenvalue weighted by atomic mass is 35.5. The average molecular weight is 340 g/mol. The molecule has 112 valence electrons. The van der Waals surface area contributed by atoms with Gasteiger partial charge in [0.25, 0.3) is 0 Å². The summed E-state index contributed by atoms with van der Waals surface area (Å²) in [6, 6.07) is 5.17. The molecule has 0 radical (unpaired) electrons. The molecule has 0 saturated carbocycles. The lowest BCUT2D eigenvalue weighted by atomic mass is 10.3. The number of amides is 1. The van der Waals surface area contributed by atoms with E-state index in [-0.39, 0.29) is 24.4 Å². The number of likely N-dealkylation sites (tertiary alicyclic amines) is 1. The van der Waals surface area contributed by atoms with Crippen LogP contribution in [0.15, 0.2) is 18.2 Å². The molecule has 1 saturated heterocycles. The summed E-state index contributed by atoms with van der Waals surface area (Å²) in [7, 11) is 0. The van der Waals surface area contributed by atoms with Gasteiger partial charge in [0.1, 0.15) is 11.9 Å². The zero-order valence-corrected chi connectivity index (χ0v) is 13.2. The van der Waals surface area contributed by atoms with E-state index in [4.69, 9.17) is 33.7 Å². The van der Waals surface area contributed by atoms with E-state index >= 15 is 0 Å². The van der Waals surface area contributed by atoms with E-state index < -0.39 is 0 Å². The van der Waals surface area contributed by atoms with Crippen LogP contribution in [-0.4, -0.2) is 36.5 Å². The summed E-state index contributed by atoms with van der Waals surface area (Å²) in [5.41, 5.74) is 5.38. The van der Waals surface area contributed by atoms with Gasteiger partial charge in [-0.25, -0.2) is 0 Å². The van der Waals surface area contributed by atoms with E-state index in [0.29, 0.717) is 41.8 Å². The second-order valence-electron chi connectivity index (χ2n) is 4.48. The zero-order valence-electron chi connectivity index (χ0n) is 10.9. The molecule has 4 nitrogen and oxygen atoms in total.